The second-order valence-corrected chi connectivity index (χ2v) is 10.9. The van der Waals surface area contributed by atoms with Crippen molar-refractivity contribution in [1.82, 2.24) is 9.71 Å². The topological polar surface area (TPSA) is 102 Å². The monoisotopic (exact) mass is 444 g/mol. The minimum Gasteiger partial charge on any atom is -0.474 e. The molecule has 0 radical (unpaired) electrons. The van der Waals surface area contributed by atoms with Crippen molar-refractivity contribution in [3.63, 3.8) is 0 Å². The third kappa shape index (κ3) is 5.22. The molecule has 0 unspecified atom stereocenters. The van der Waals surface area contributed by atoms with E-state index in [1.54, 1.807) is 18.3 Å². The minimum atomic E-state index is -3.93. The van der Waals surface area contributed by atoms with Crippen molar-refractivity contribution in [1.29, 1.82) is 0 Å². The number of pyridine rings is 1. The van der Waals surface area contributed by atoms with E-state index in [9.17, 15) is 16.8 Å². The predicted molar refractivity (Wildman–Crippen MR) is 106 cm³/mol. The molecular weight excluding hydrogens is 424 g/mol. The van der Waals surface area contributed by atoms with Gasteiger partial charge in [-0.2, -0.15) is 0 Å². The van der Waals surface area contributed by atoms with Gasteiger partial charge >= 0.3 is 0 Å². The van der Waals surface area contributed by atoms with Crippen molar-refractivity contribution in [2.24, 2.45) is 0 Å². The standard InChI is InChI=1S/C18H21ClN2O5S2/c1-27(22,23)17-11-15(6-7-16(17)19)28(24,25)21-12-13-8-9-20-18(10-13)26-14-4-2-3-5-14/h6-11,14,21H,2-5,12H2,1H3. The van der Waals surface area contributed by atoms with Gasteiger partial charge < -0.3 is 4.74 Å². The van der Waals surface area contributed by atoms with Crippen LogP contribution in [0.3, 0.4) is 0 Å². The van der Waals surface area contributed by atoms with Crippen LogP contribution >= 0.6 is 11.6 Å². The van der Waals surface area contributed by atoms with Gasteiger partial charge in [-0.05, 0) is 55.5 Å². The Hall–Kier alpha value is -1.68. The molecule has 3 rings (SSSR count). The Labute approximate surface area is 170 Å². The molecule has 0 saturated heterocycles. The number of sulfone groups is 1. The highest BCUT2D eigenvalue weighted by atomic mass is 35.5. The van der Waals surface area contributed by atoms with E-state index in [1.807, 2.05) is 0 Å². The third-order valence-electron chi connectivity index (χ3n) is 4.47. The first-order valence-electron chi connectivity index (χ1n) is 8.76. The van der Waals surface area contributed by atoms with Crippen LogP contribution in [0.15, 0.2) is 46.3 Å². The number of aromatic nitrogens is 1. The fourth-order valence-electron chi connectivity index (χ4n) is 3.00. The number of halogens is 1. The van der Waals surface area contributed by atoms with Crippen molar-refractivity contribution in [3.8, 4) is 5.88 Å². The lowest BCUT2D eigenvalue weighted by molar-refractivity contribution is 0.201. The van der Waals surface area contributed by atoms with E-state index < -0.39 is 19.9 Å². The summed E-state index contributed by atoms with van der Waals surface area (Å²) in [7, 11) is -7.58. The molecule has 152 valence electrons. The second-order valence-electron chi connectivity index (χ2n) is 6.72. The minimum absolute atomic E-state index is 0.0166. The first kappa shape index (κ1) is 21.0. The van der Waals surface area contributed by atoms with Gasteiger partial charge in [0, 0.05) is 25.1 Å². The van der Waals surface area contributed by atoms with E-state index in [4.69, 9.17) is 16.3 Å². The van der Waals surface area contributed by atoms with Crippen LogP contribution in [0, 0.1) is 0 Å². The van der Waals surface area contributed by atoms with E-state index in [0.29, 0.717) is 11.4 Å². The Morgan fingerprint density at radius 3 is 2.54 bits per heavy atom. The Balaban J connectivity index is 1.73. The molecule has 0 atom stereocenters. The maximum atomic E-state index is 12.6. The molecular formula is C18H21ClN2O5S2. The van der Waals surface area contributed by atoms with Crippen LogP contribution in [0.1, 0.15) is 31.2 Å². The highest BCUT2D eigenvalue weighted by molar-refractivity contribution is 7.91. The molecule has 1 N–H and O–H groups in total. The molecule has 0 spiro atoms. The van der Waals surface area contributed by atoms with Gasteiger partial charge in [0.25, 0.3) is 0 Å². The number of hydrogen-bond acceptors (Lipinski definition) is 6. The zero-order valence-corrected chi connectivity index (χ0v) is 17.6. The molecule has 1 aromatic carbocycles. The first-order valence-corrected chi connectivity index (χ1v) is 12.5. The summed E-state index contributed by atoms with van der Waals surface area (Å²) in [5, 5.41) is -0.0238. The number of hydrogen-bond donors (Lipinski definition) is 1. The van der Waals surface area contributed by atoms with E-state index in [-0.39, 0.29) is 27.5 Å². The molecule has 0 bridgehead atoms. The average molecular weight is 445 g/mol. The summed E-state index contributed by atoms with van der Waals surface area (Å²) in [6, 6.07) is 6.96. The van der Waals surface area contributed by atoms with E-state index in [0.717, 1.165) is 38.0 Å². The first-order chi connectivity index (χ1) is 13.1. The normalized spacial score (nSPS) is 15.6. The molecule has 1 aliphatic carbocycles. The highest BCUT2D eigenvalue weighted by Gasteiger charge is 2.20. The van der Waals surface area contributed by atoms with Gasteiger partial charge in [0.15, 0.2) is 9.84 Å². The molecule has 7 nitrogen and oxygen atoms in total. The smallest absolute Gasteiger partial charge is 0.240 e. The summed E-state index contributed by atoms with van der Waals surface area (Å²) in [4.78, 5) is 3.77. The lowest BCUT2D eigenvalue weighted by Gasteiger charge is -2.13. The SMILES string of the molecule is CS(=O)(=O)c1cc(S(=O)(=O)NCc2ccnc(OC3CCCC3)c2)ccc1Cl. The van der Waals surface area contributed by atoms with Crippen LogP contribution in [0.4, 0.5) is 0 Å². The Morgan fingerprint density at radius 1 is 1.14 bits per heavy atom. The lowest BCUT2D eigenvalue weighted by atomic mass is 10.2. The molecule has 1 fully saturated rings. The summed E-state index contributed by atoms with van der Waals surface area (Å²) in [5.74, 6) is 0.467. The molecule has 2 aromatic rings. The van der Waals surface area contributed by atoms with Crippen LogP contribution in [0.25, 0.3) is 0 Å². The predicted octanol–water partition coefficient (Wildman–Crippen LogP) is 2.94. The summed E-state index contributed by atoms with van der Waals surface area (Å²) in [5.41, 5.74) is 0.684. The number of sulfonamides is 1. The van der Waals surface area contributed by atoms with E-state index in [2.05, 4.69) is 9.71 Å². The quantitative estimate of drug-likeness (QED) is 0.704. The second kappa shape index (κ2) is 8.36. The van der Waals surface area contributed by atoms with Gasteiger partial charge in [-0.15, -0.1) is 0 Å². The van der Waals surface area contributed by atoms with E-state index >= 15 is 0 Å². The number of nitrogens with zero attached hydrogens (tertiary/aromatic N) is 1. The molecule has 10 heteroatoms. The van der Waals surface area contributed by atoms with Gasteiger partial charge in [0.05, 0.1) is 14.8 Å². The van der Waals surface area contributed by atoms with Crippen LogP contribution in [0.2, 0.25) is 5.02 Å². The third-order valence-corrected chi connectivity index (χ3v) is 7.44. The molecule has 0 aliphatic heterocycles. The summed E-state index contributed by atoms with van der Waals surface area (Å²) in [6.07, 6.45) is 6.97. The van der Waals surface area contributed by atoms with Crippen molar-refractivity contribution in [3.05, 3.63) is 47.1 Å². The van der Waals surface area contributed by atoms with Gasteiger partial charge in [0.1, 0.15) is 6.10 Å². The van der Waals surface area contributed by atoms with Gasteiger partial charge in [-0.1, -0.05) is 11.6 Å². The van der Waals surface area contributed by atoms with Gasteiger partial charge in [-0.3, -0.25) is 0 Å². The molecule has 1 heterocycles. The number of benzene rings is 1. The zero-order valence-electron chi connectivity index (χ0n) is 15.3. The van der Waals surface area contributed by atoms with Crippen molar-refractivity contribution in [2.75, 3.05) is 6.26 Å². The van der Waals surface area contributed by atoms with Crippen LogP contribution in [-0.2, 0) is 26.4 Å². The Morgan fingerprint density at radius 2 is 1.86 bits per heavy atom. The van der Waals surface area contributed by atoms with Crippen molar-refractivity contribution >= 4 is 31.5 Å². The molecule has 1 aromatic heterocycles. The summed E-state index contributed by atoms with van der Waals surface area (Å²) >= 11 is 5.88. The van der Waals surface area contributed by atoms with Crippen molar-refractivity contribution < 1.29 is 21.6 Å². The Kier molecular flexibility index (Phi) is 6.28. The van der Waals surface area contributed by atoms with Crippen molar-refractivity contribution in [2.45, 2.75) is 48.1 Å². The Bertz CT molecular complexity index is 1070. The maximum Gasteiger partial charge on any atom is 0.240 e. The molecule has 1 saturated carbocycles. The van der Waals surface area contributed by atoms with Gasteiger partial charge in [0.2, 0.25) is 15.9 Å². The lowest BCUT2D eigenvalue weighted by Crippen LogP contribution is -2.23. The van der Waals surface area contributed by atoms with Crippen LogP contribution < -0.4 is 9.46 Å². The molecule has 0 amide bonds. The number of nitrogens with one attached hydrogen (secondary N) is 1. The number of ether oxygens (including phenoxy) is 1. The zero-order chi connectivity index (χ0) is 20.4. The van der Waals surface area contributed by atoms with Gasteiger partial charge in [-0.25, -0.2) is 26.5 Å². The summed E-state index contributed by atoms with van der Waals surface area (Å²) < 4.78 is 57.0. The largest absolute Gasteiger partial charge is 0.474 e. The average Bonchev–Trinajstić information content (AvgIpc) is 3.12. The highest BCUT2D eigenvalue weighted by Crippen LogP contribution is 2.25. The maximum absolute atomic E-state index is 12.6. The van der Waals surface area contributed by atoms with Crippen LogP contribution in [0.5, 0.6) is 5.88 Å². The van der Waals surface area contributed by atoms with Crippen LogP contribution in [-0.4, -0.2) is 34.2 Å². The van der Waals surface area contributed by atoms with E-state index in [1.165, 1.54) is 12.1 Å². The fourth-order valence-corrected chi connectivity index (χ4v) is 5.42. The fraction of sp³-hybridized carbons (Fsp3) is 0.389. The molecule has 1 aliphatic rings. The summed E-state index contributed by atoms with van der Waals surface area (Å²) in [6.45, 7) is 0.0166. The molecule has 28 heavy (non-hydrogen) atoms. The number of rotatable bonds is 7.